The highest BCUT2D eigenvalue weighted by Gasteiger charge is 2.19. The molecule has 26 heavy (non-hydrogen) atoms. The van der Waals surface area contributed by atoms with Gasteiger partial charge in [-0.15, -0.1) is 11.3 Å². The van der Waals surface area contributed by atoms with Crippen molar-refractivity contribution in [2.45, 2.75) is 58.5 Å². The molecule has 1 aliphatic carbocycles. The van der Waals surface area contributed by atoms with Gasteiger partial charge in [0.15, 0.2) is 0 Å². The van der Waals surface area contributed by atoms with Crippen LogP contribution in [0.4, 0.5) is 5.69 Å². The molecule has 1 fully saturated rings. The van der Waals surface area contributed by atoms with E-state index in [4.69, 9.17) is 11.6 Å². The maximum atomic E-state index is 12.5. The molecule has 2 N–H and O–H groups in total. The number of rotatable bonds is 7. The molecule has 2 aromatic heterocycles. The first-order valence-electron chi connectivity index (χ1n) is 9.27. The summed E-state index contributed by atoms with van der Waals surface area (Å²) in [4.78, 5) is 18.6. The molecule has 1 atom stereocenters. The van der Waals surface area contributed by atoms with Crippen LogP contribution in [0.15, 0.2) is 24.4 Å². The molecule has 140 valence electrons. The summed E-state index contributed by atoms with van der Waals surface area (Å²) in [6.07, 6.45) is 8.04. The fourth-order valence-corrected chi connectivity index (χ4v) is 4.57. The number of hydrogen-bond acceptors (Lipinski definition) is 4. The van der Waals surface area contributed by atoms with Crippen molar-refractivity contribution in [1.82, 2.24) is 10.3 Å². The highest BCUT2D eigenvalue weighted by Crippen LogP contribution is 2.28. The smallest absolute Gasteiger partial charge is 0.261 e. The summed E-state index contributed by atoms with van der Waals surface area (Å²) in [6, 6.07) is 6.01. The maximum Gasteiger partial charge on any atom is 0.261 e. The molecule has 0 saturated heterocycles. The second kappa shape index (κ2) is 8.87. The van der Waals surface area contributed by atoms with Crippen molar-refractivity contribution in [2.24, 2.45) is 5.92 Å². The van der Waals surface area contributed by atoms with Crippen LogP contribution in [-0.4, -0.2) is 16.9 Å². The zero-order chi connectivity index (χ0) is 18.5. The molecule has 2 aromatic rings. The normalized spacial score (nSPS) is 15.8. The number of nitrogens with one attached hydrogen (secondary N) is 2. The van der Waals surface area contributed by atoms with Crippen LogP contribution >= 0.6 is 22.9 Å². The summed E-state index contributed by atoms with van der Waals surface area (Å²) < 4.78 is 0. The number of hydrogen-bond donors (Lipinski definition) is 2. The Morgan fingerprint density at radius 1 is 1.38 bits per heavy atom. The summed E-state index contributed by atoms with van der Waals surface area (Å²) in [5.41, 5.74) is 1.83. The zero-order valence-electron chi connectivity index (χ0n) is 15.3. The van der Waals surface area contributed by atoms with Gasteiger partial charge in [0.1, 0.15) is 0 Å². The van der Waals surface area contributed by atoms with Gasteiger partial charge in [0.05, 0.1) is 21.3 Å². The topological polar surface area (TPSA) is 54.0 Å². The van der Waals surface area contributed by atoms with Crippen molar-refractivity contribution < 1.29 is 4.79 Å². The highest BCUT2D eigenvalue weighted by molar-refractivity contribution is 7.14. The Hall–Kier alpha value is -1.59. The van der Waals surface area contributed by atoms with Crippen molar-refractivity contribution in [3.63, 3.8) is 0 Å². The number of aromatic nitrogens is 1. The molecule has 2 heterocycles. The van der Waals surface area contributed by atoms with E-state index in [1.807, 2.05) is 25.1 Å². The molecule has 1 aliphatic rings. The van der Waals surface area contributed by atoms with E-state index in [9.17, 15) is 4.79 Å². The molecule has 1 amide bonds. The predicted octanol–water partition coefficient (Wildman–Crippen LogP) is 5.42. The first-order chi connectivity index (χ1) is 12.5. The standard InChI is InChI=1S/C20H26ClN3OS/c1-13(9-15-5-3-4-6-15)24-20(25)19-8-7-17(26-19)12-23-18-10-16(21)11-22-14(18)2/h7-8,10-11,13,15,23H,3-6,9,12H2,1-2H3,(H,24,25). The van der Waals surface area contributed by atoms with E-state index in [2.05, 4.69) is 22.5 Å². The van der Waals surface area contributed by atoms with Gasteiger partial charge in [-0.25, -0.2) is 0 Å². The molecule has 4 nitrogen and oxygen atoms in total. The molecule has 0 spiro atoms. The van der Waals surface area contributed by atoms with Crippen molar-refractivity contribution in [2.75, 3.05) is 5.32 Å². The third-order valence-electron chi connectivity index (χ3n) is 4.93. The van der Waals surface area contributed by atoms with Crippen LogP contribution in [0.1, 0.15) is 59.3 Å². The third-order valence-corrected chi connectivity index (χ3v) is 6.22. The van der Waals surface area contributed by atoms with Crippen molar-refractivity contribution in [3.05, 3.63) is 44.9 Å². The number of halogens is 1. The van der Waals surface area contributed by atoms with Gasteiger partial charge in [-0.1, -0.05) is 37.3 Å². The number of aryl methyl sites for hydroxylation is 1. The Morgan fingerprint density at radius 2 is 2.15 bits per heavy atom. The summed E-state index contributed by atoms with van der Waals surface area (Å²) in [6.45, 7) is 4.71. The lowest BCUT2D eigenvalue weighted by atomic mass is 9.99. The Labute approximate surface area is 164 Å². The van der Waals surface area contributed by atoms with Gasteiger partial charge in [-0.05, 0) is 44.4 Å². The van der Waals surface area contributed by atoms with Gasteiger partial charge in [0, 0.05) is 23.7 Å². The van der Waals surface area contributed by atoms with Gasteiger partial charge >= 0.3 is 0 Å². The highest BCUT2D eigenvalue weighted by atomic mass is 35.5. The fraction of sp³-hybridized carbons (Fsp3) is 0.500. The van der Waals surface area contributed by atoms with Crippen molar-refractivity contribution in [3.8, 4) is 0 Å². The molecule has 1 unspecified atom stereocenters. The van der Waals surface area contributed by atoms with Gasteiger partial charge in [0.2, 0.25) is 0 Å². The summed E-state index contributed by atoms with van der Waals surface area (Å²) >= 11 is 7.53. The van der Waals surface area contributed by atoms with Crippen LogP contribution in [0.3, 0.4) is 0 Å². The van der Waals surface area contributed by atoms with E-state index in [1.54, 1.807) is 6.20 Å². The largest absolute Gasteiger partial charge is 0.379 e. The monoisotopic (exact) mass is 391 g/mol. The van der Waals surface area contributed by atoms with E-state index in [1.165, 1.54) is 37.0 Å². The van der Waals surface area contributed by atoms with E-state index >= 15 is 0 Å². The Kier molecular flexibility index (Phi) is 6.54. The Bertz CT molecular complexity index is 755. The van der Waals surface area contributed by atoms with Gasteiger partial charge in [-0.3, -0.25) is 9.78 Å². The minimum atomic E-state index is 0.0346. The van der Waals surface area contributed by atoms with Crippen LogP contribution in [0.2, 0.25) is 5.02 Å². The molecule has 0 aliphatic heterocycles. The molecule has 0 aromatic carbocycles. The molecule has 6 heteroatoms. The average Bonchev–Trinajstić information content (AvgIpc) is 3.27. The molecular formula is C20H26ClN3OS. The van der Waals surface area contributed by atoms with E-state index in [0.717, 1.165) is 33.5 Å². The van der Waals surface area contributed by atoms with E-state index < -0.39 is 0 Å². The number of carbonyl (C=O) groups excluding carboxylic acids is 1. The Balaban J connectivity index is 1.51. The molecule has 0 bridgehead atoms. The van der Waals surface area contributed by atoms with Crippen molar-refractivity contribution in [1.29, 1.82) is 0 Å². The molecule has 1 saturated carbocycles. The lowest BCUT2D eigenvalue weighted by Crippen LogP contribution is -2.33. The maximum absolute atomic E-state index is 12.5. The van der Waals surface area contributed by atoms with Gasteiger partial charge in [-0.2, -0.15) is 0 Å². The number of pyridine rings is 1. The van der Waals surface area contributed by atoms with E-state index in [-0.39, 0.29) is 11.9 Å². The average molecular weight is 392 g/mol. The van der Waals surface area contributed by atoms with Gasteiger partial charge < -0.3 is 10.6 Å². The molecular weight excluding hydrogens is 366 g/mol. The van der Waals surface area contributed by atoms with Crippen molar-refractivity contribution >= 4 is 34.5 Å². The van der Waals surface area contributed by atoms with Crippen LogP contribution in [0, 0.1) is 12.8 Å². The lowest BCUT2D eigenvalue weighted by molar-refractivity contribution is 0.0939. The number of nitrogens with zero attached hydrogens (tertiary/aromatic N) is 1. The van der Waals surface area contributed by atoms with Crippen LogP contribution < -0.4 is 10.6 Å². The van der Waals surface area contributed by atoms with Crippen LogP contribution in [0.5, 0.6) is 0 Å². The predicted molar refractivity (Wildman–Crippen MR) is 109 cm³/mol. The number of carbonyl (C=O) groups is 1. The lowest BCUT2D eigenvalue weighted by Gasteiger charge is -2.17. The Morgan fingerprint density at radius 3 is 2.92 bits per heavy atom. The second-order valence-corrected chi connectivity index (χ2v) is 8.77. The van der Waals surface area contributed by atoms with Crippen LogP contribution in [0.25, 0.3) is 0 Å². The molecule has 0 radical (unpaired) electrons. The number of amides is 1. The minimum Gasteiger partial charge on any atom is -0.379 e. The molecule has 3 rings (SSSR count). The minimum absolute atomic E-state index is 0.0346. The SMILES string of the molecule is Cc1ncc(Cl)cc1NCc1ccc(C(=O)NC(C)CC2CCCC2)s1. The second-order valence-electron chi connectivity index (χ2n) is 7.17. The third kappa shape index (κ3) is 5.21. The summed E-state index contributed by atoms with van der Waals surface area (Å²) in [5.74, 6) is 0.815. The quantitative estimate of drug-likeness (QED) is 0.662. The summed E-state index contributed by atoms with van der Waals surface area (Å²) in [5, 5.41) is 7.11. The van der Waals surface area contributed by atoms with Gasteiger partial charge in [0.25, 0.3) is 5.91 Å². The fourth-order valence-electron chi connectivity index (χ4n) is 3.56. The zero-order valence-corrected chi connectivity index (χ0v) is 16.9. The number of anilines is 1. The summed E-state index contributed by atoms with van der Waals surface area (Å²) in [7, 11) is 0. The van der Waals surface area contributed by atoms with E-state index in [0.29, 0.717) is 11.6 Å². The first kappa shape index (κ1) is 19.2. The van der Waals surface area contributed by atoms with Crippen LogP contribution in [-0.2, 0) is 6.54 Å². The first-order valence-corrected chi connectivity index (χ1v) is 10.5. The number of thiophene rings is 1.